The highest BCUT2D eigenvalue weighted by Gasteiger charge is 2.18. The lowest BCUT2D eigenvalue weighted by atomic mass is 9.92. The highest BCUT2D eigenvalue weighted by atomic mass is 35.5. The maximum Gasteiger partial charge on any atom is 0.264 e. The van der Waals surface area contributed by atoms with E-state index in [0.717, 1.165) is 17.4 Å². The molecule has 23 heavy (non-hydrogen) atoms. The molecule has 1 atom stereocenters. The maximum absolute atomic E-state index is 11.3. The molecular formula is C16H15Cl3O3S. The van der Waals surface area contributed by atoms with E-state index in [2.05, 4.69) is 0 Å². The van der Waals surface area contributed by atoms with E-state index in [1.54, 1.807) is 30.3 Å². The molecule has 0 bridgehead atoms. The first-order chi connectivity index (χ1) is 10.7. The first-order valence-electron chi connectivity index (χ1n) is 6.78. The van der Waals surface area contributed by atoms with Crippen LogP contribution in [0.4, 0.5) is 0 Å². The third-order valence-corrected chi connectivity index (χ3v) is 4.66. The second-order valence-electron chi connectivity index (χ2n) is 5.18. The van der Waals surface area contributed by atoms with Crippen LogP contribution in [0.5, 0.6) is 0 Å². The molecule has 0 aliphatic rings. The molecule has 0 amide bonds. The largest absolute Gasteiger partial charge is 0.270 e. The standard InChI is InChI=1S/C16H15Cl3O3S/c1-23(20,21)22-10-12(8-11-2-4-13(17)5-3-11)15-7-6-14(18)9-16(15)19/h2-7,9,12H,8,10H2,1H3. The quantitative estimate of drug-likeness (QED) is 0.652. The lowest BCUT2D eigenvalue weighted by Crippen LogP contribution is -2.15. The molecular weight excluding hydrogens is 379 g/mol. The van der Waals surface area contributed by atoms with Gasteiger partial charge in [-0.15, -0.1) is 0 Å². The molecule has 0 spiro atoms. The Balaban J connectivity index is 2.28. The van der Waals surface area contributed by atoms with Crippen LogP contribution in [-0.2, 0) is 20.7 Å². The molecule has 0 fully saturated rings. The fourth-order valence-electron chi connectivity index (χ4n) is 2.20. The highest BCUT2D eigenvalue weighted by Crippen LogP contribution is 2.31. The van der Waals surface area contributed by atoms with E-state index in [9.17, 15) is 8.42 Å². The summed E-state index contributed by atoms with van der Waals surface area (Å²) in [6.45, 7) is 0.00279. The van der Waals surface area contributed by atoms with E-state index in [1.807, 2.05) is 12.1 Å². The molecule has 0 saturated heterocycles. The van der Waals surface area contributed by atoms with E-state index in [4.69, 9.17) is 39.0 Å². The van der Waals surface area contributed by atoms with Crippen molar-refractivity contribution in [2.24, 2.45) is 0 Å². The molecule has 2 aromatic carbocycles. The molecule has 0 N–H and O–H groups in total. The molecule has 1 unspecified atom stereocenters. The van der Waals surface area contributed by atoms with Gasteiger partial charge >= 0.3 is 0 Å². The molecule has 124 valence electrons. The van der Waals surface area contributed by atoms with E-state index in [1.165, 1.54) is 0 Å². The Kier molecular flexibility index (Phi) is 6.34. The minimum Gasteiger partial charge on any atom is -0.270 e. The van der Waals surface area contributed by atoms with Crippen LogP contribution in [0.2, 0.25) is 15.1 Å². The van der Waals surface area contributed by atoms with Crippen molar-refractivity contribution in [1.82, 2.24) is 0 Å². The van der Waals surface area contributed by atoms with Gasteiger partial charge in [0.05, 0.1) is 12.9 Å². The van der Waals surface area contributed by atoms with Crippen LogP contribution in [0.3, 0.4) is 0 Å². The number of benzene rings is 2. The van der Waals surface area contributed by atoms with Crippen molar-refractivity contribution in [1.29, 1.82) is 0 Å². The van der Waals surface area contributed by atoms with Crippen molar-refractivity contribution in [3.8, 4) is 0 Å². The van der Waals surface area contributed by atoms with Crippen molar-refractivity contribution in [2.45, 2.75) is 12.3 Å². The third-order valence-electron chi connectivity index (χ3n) is 3.28. The average Bonchev–Trinajstić information content (AvgIpc) is 2.45. The van der Waals surface area contributed by atoms with Gasteiger partial charge in [-0.2, -0.15) is 8.42 Å². The van der Waals surface area contributed by atoms with Gasteiger partial charge in [0.15, 0.2) is 0 Å². The van der Waals surface area contributed by atoms with Crippen molar-refractivity contribution in [2.75, 3.05) is 12.9 Å². The van der Waals surface area contributed by atoms with Crippen LogP contribution >= 0.6 is 34.8 Å². The Hall–Kier alpha value is -0.780. The smallest absolute Gasteiger partial charge is 0.264 e. The zero-order valence-electron chi connectivity index (χ0n) is 12.3. The molecule has 7 heteroatoms. The molecule has 0 aliphatic heterocycles. The minimum absolute atomic E-state index is 0.00279. The predicted molar refractivity (Wildman–Crippen MR) is 95.2 cm³/mol. The Labute approximate surface area is 151 Å². The molecule has 2 rings (SSSR count). The van der Waals surface area contributed by atoms with Crippen molar-refractivity contribution < 1.29 is 12.6 Å². The Morgan fingerprint density at radius 1 is 1.00 bits per heavy atom. The van der Waals surface area contributed by atoms with Crippen LogP contribution in [0, 0.1) is 0 Å². The van der Waals surface area contributed by atoms with Crippen molar-refractivity contribution in [3.63, 3.8) is 0 Å². The summed E-state index contributed by atoms with van der Waals surface area (Å²) in [5.74, 6) is -0.226. The Morgan fingerprint density at radius 2 is 1.61 bits per heavy atom. The molecule has 0 heterocycles. The molecule has 0 radical (unpaired) electrons. The molecule has 2 aromatic rings. The lowest BCUT2D eigenvalue weighted by Gasteiger charge is -2.18. The van der Waals surface area contributed by atoms with Gasteiger partial charge in [0.1, 0.15) is 0 Å². The van der Waals surface area contributed by atoms with Crippen LogP contribution < -0.4 is 0 Å². The maximum atomic E-state index is 11.3. The monoisotopic (exact) mass is 392 g/mol. The summed E-state index contributed by atoms with van der Waals surface area (Å²) in [6.07, 6.45) is 1.59. The summed E-state index contributed by atoms with van der Waals surface area (Å²) in [6, 6.07) is 12.5. The molecule has 3 nitrogen and oxygen atoms in total. The summed E-state index contributed by atoms with van der Waals surface area (Å²) in [5.41, 5.74) is 1.79. The number of halogens is 3. The fourth-order valence-corrected chi connectivity index (χ4v) is 3.30. The van der Waals surface area contributed by atoms with Gasteiger partial charge in [-0.3, -0.25) is 4.18 Å². The SMILES string of the molecule is CS(=O)(=O)OCC(Cc1ccc(Cl)cc1)c1ccc(Cl)cc1Cl. The van der Waals surface area contributed by atoms with Gasteiger partial charge in [-0.1, -0.05) is 53.0 Å². The number of hydrogen-bond donors (Lipinski definition) is 0. The van der Waals surface area contributed by atoms with E-state index in [-0.39, 0.29) is 12.5 Å². The van der Waals surface area contributed by atoms with Crippen molar-refractivity contribution in [3.05, 3.63) is 68.7 Å². The zero-order chi connectivity index (χ0) is 17.0. The summed E-state index contributed by atoms with van der Waals surface area (Å²) < 4.78 is 27.6. The van der Waals surface area contributed by atoms with E-state index < -0.39 is 10.1 Å². The summed E-state index contributed by atoms with van der Waals surface area (Å²) in [7, 11) is -3.54. The summed E-state index contributed by atoms with van der Waals surface area (Å²) in [4.78, 5) is 0. The van der Waals surface area contributed by atoms with Gasteiger partial charge in [-0.25, -0.2) is 0 Å². The van der Waals surface area contributed by atoms with Gasteiger partial charge in [-0.05, 0) is 41.8 Å². The van der Waals surface area contributed by atoms with Gasteiger partial charge < -0.3 is 0 Å². The van der Waals surface area contributed by atoms with E-state index >= 15 is 0 Å². The first-order valence-corrected chi connectivity index (χ1v) is 9.73. The Bertz CT molecular complexity index is 774. The summed E-state index contributed by atoms with van der Waals surface area (Å²) >= 11 is 18.1. The summed E-state index contributed by atoms with van der Waals surface area (Å²) in [5, 5.41) is 1.64. The van der Waals surface area contributed by atoms with Gasteiger partial charge in [0, 0.05) is 21.0 Å². The topological polar surface area (TPSA) is 43.4 Å². The minimum atomic E-state index is -3.54. The van der Waals surface area contributed by atoms with Crippen molar-refractivity contribution >= 4 is 44.9 Å². The first kappa shape index (κ1) is 18.6. The highest BCUT2D eigenvalue weighted by molar-refractivity contribution is 7.85. The van der Waals surface area contributed by atoms with Gasteiger partial charge in [0.25, 0.3) is 10.1 Å². The normalized spacial score (nSPS) is 13.0. The predicted octanol–water partition coefficient (Wildman–Crippen LogP) is 4.95. The van der Waals surface area contributed by atoms with Crippen LogP contribution in [0.1, 0.15) is 17.0 Å². The number of hydrogen-bond acceptors (Lipinski definition) is 3. The molecule has 0 saturated carbocycles. The molecule has 0 aromatic heterocycles. The number of rotatable bonds is 6. The molecule has 0 aliphatic carbocycles. The van der Waals surface area contributed by atoms with Crippen LogP contribution in [0.25, 0.3) is 0 Å². The van der Waals surface area contributed by atoms with Crippen LogP contribution in [-0.4, -0.2) is 21.3 Å². The average molecular weight is 394 g/mol. The second kappa shape index (κ2) is 7.86. The third kappa shape index (κ3) is 5.98. The fraction of sp³-hybridized carbons (Fsp3) is 0.250. The second-order valence-corrected chi connectivity index (χ2v) is 8.11. The Morgan fingerprint density at radius 3 is 2.17 bits per heavy atom. The van der Waals surface area contributed by atoms with Crippen LogP contribution in [0.15, 0.2) is 42.5 Å². The van der Waals surface area contributed by atoms with E-state index in [0.29, 0.717) is 21.5 Å². The lowest BCUT2D eigenvalue weighted by molar-refractivity contribution is 0.293. The van der Waals surface area contributed by atoms with Gasteiger partial charge in [0.2, 0.25) is 0 Å². The zero-order valence-corrected chi connectivity index (χ0v) is 15.4.